The highest BCUT2D eigenvalue weighted by molar-refractivity contribution is 7.99. The van der Waals surface area contributed by atoms with Gasteiger partial charge in [0.1, 0.15) is 10.5 Å². The topological polar surface area (TPSA) is 64.0 Å². The quantitative estimate of drug-likeness (QED) is 0.303. The Bertz CT molecular complexity index is 1370. The van der Waals surface area contributed by atoms with Gasteiger partial charge >= 0.3 is 0 Å². The number of anilines is 1. The molecular weight excluding hydrogens is 457 g/mol. The van der Waals surface area contributed by atoms with Gasteiger partial charge in [-0.05, 0) is 55.1 Å². The number of thiophene rings is 1. The van der Waals surface area contributed by atoms with Gasteiger partial charge < -0.3 is 5.32 Å². The van der Waals surface area contributed by atoms with E-state index in [0.29, 0.717) is 21.1 Å². The Hall–Kier alpha value is -2.68. The molecule has 0 aliphatic rings. The van der Waals surface area contributed by atoms with E-state index in [1.54, 1.807) is 10.6 Å². The van der Waals surface area contributed by atoms with Crippen molar-refractivity contribution in [1.29, 1.82) is 0 Å². The Morgan fingerprint density at radius 2 is 2.03 bits per heavy atom. The summed E-state index contributed by atoms with van der Waals surface area (Å²) >= 11 is 8.27. The summed E-state index contributed by atoms with van der Waals surface area (Å²) in [6.45, 7) is 3.93. The van der Waals surface area contributed by atoms with Crippen molar-refractivity contribution in [3.8, 4) is 5.69 Å². The van der Waals surface area contributed by atoms with Crippen LogP contribution in [0.2, 0.25) is 5.02 Å². The van der Waals surface area contributed by atoms with Crippen LogP contribution in [0.1, 0.15) is 11.1 Å². The fourth-order valence-electron chi connectivity index (χ4n) is 3.16. The third-order valence-corrected chi connectivity index (χ3v) is 6.70. The van der Waals surface area contributed by atoms with Crippen molar-refractivity contribution in [2.45, 2.75) is 19.0 Å². The molecular formula is C22H17ClFN3O2S2. The Balaban J connectivity index is 1.65. The molecule has 1 N–H and O–H groups in total. The normalized spacial score (nSPS) is 11.1. The van der Waals surface area contributed by atoms with Crippen LogP contribution in [-0.2, 0) is 4.79 Å². The highest BCUT2D eigenvalue weighted by Gasteiger charge is 2.17. The predicted molar refractivity (Wildman–Crippen MR) is 125 cm³/mol. The fourth-order valence-corrected chi connectivity index (χ4v) is 4.90. The molecule has 31 heavy (non-hydrogen) atoms. The number of thioether (sulfide) groups is 1. The van der Waals surface area contributed by atoms with E-state index in [2.05, 4.69) is 10.3 Å². The van der Waals surface area contributed by atoms with E-state index in [1.807, 2.05) is 37.4 Å². The lowest BCUT2D eigenvalue weighted by Crippen LogP contribution is -2.23. The smallest absolute Gasteiger partial charge is 0.276 e. The van der Waals surface area contributed by atoms with Crippen molar-refractivity contribution in [2.75, 3.05) is 11.1 Å². The van der Waals surface area contributed by atoms with Gasteiger partial charge in [-0.1, -0.05) is 41.1 Å². The molecule has 0 saturated carbocycles. The first-order valence-corrected chi connectivity index (χ1v) is 11.5. The van der Waals surface area contributed by atoms with E-state index in [-0.39, 0.29) is 22.2 Å². The average Bonchev–Trinajstić information content (AvgIpc) is 3.19. The molecule has 0 saturated heterocycles. The van der Waals surface area contributed by atoms with Gasteiger partial charge in [0.2, 0.25) is 5.91 Å². The van der Waals surface area contributed by atoms with Crippen LogP contribution in [0.25, 0.3) is 15.9 Å². The maximum atomic E-state index is 13.3. The highest BCUT2D eigenvalue weighted by atomic mass is 35.5. The van der Waals surface area contributed by atoms with Gasteiger partial charge in [0.05, 0.1) is 22.0 Å². The van der Waals surface area contributed by atoms with Gasteiger partial charge in [-0.25, -0.2) is 9.37 Å². The van der Waals surface area contributed by atoms with E-state index >= 15 is 0 Å². The molecule has 0 aliphatic carbocycles. The molecule has 0 bridgehead atoms. The van der Waals surface area contributed by atoms with Gasteiger partial charge in [0.25, 0.3) is 5.56 Å². The lowest BCUT2D eigenvalue weighted by Gasteiger charge is -2.14. The molecule has 5 nitrogen and oxygen atoms in total. The van der Waals surface area contributed by atoms with Crippen LogP contribution < -0.4 is 10.9 Å². The Morgan fingerprint density at radius 1 is 1.23 bits per heavy atom. The molecule has 0 fully saturated rings. The number of halogens is 2. The second kappa shape index (κ2) is 8.82. The molecule has 4 aromatic rings. The number of carbonyl (C=O) groups excluding carboxylic acids is 1. The summed E-state index contributed by atoms with van der Waals surface area (Å²) in [5.74, 6) is -0.860. The molecule has 9 heteroatoms. The SMILES string of the molecule is Cc1ccc(-n2c(SCC(=O)Nc3ccc(F)c(Cl)c3)nc3ccsc3c2=O)c(C)c1. The third kappa shape index (κ3) is 4.51. The molecule has 0 radical (unpaired) electrons. The molecule has 2 heterocycles. The summed E-state index contributed by atoms with van der Waals surface area (Å²) in [6, 6.07) is 11.6. The number of aromatic nitrogens is 2. The van der Waals surface area contributed by atoms with Crippen molar-refractivity contribution in [3.63, 3.8) is 0 Å². The number of nitrogens with one attached hydrogen (secondary N) is 1. The van der Waals surface area contributed by atoms with Crippen LogP contribution in [-0.4, -0.2) is 21.2 Å². The number of fused-ring (bicyclic) bond motifs is 1. The van der Waals surface area contributed by atoms with Crippen LogP contribution in [0.4, 0.5) is 10.1 Å². The van der Waals surface area contributed by atoms with Crippen LogP contribution >= 0.6 is 34.7 Å². The van der Waals surface area contributed by atoms with Crippen molar-refractivity contribution >= 4 is 56.5 Å². The number of nitrogens with zero attached hydrogens (tertiary/aromatic N) is 2. The minimum atomic E-state index is -0.556. The molecule has 0 aliphatic heterocycles. The molecule has 0 spiro atoms. The standard InChI is InChI=1S/C22H17ClFN3O2S2/c1-12-3-6-18(13(2)9-12)27-21(29)20-17(7-8-30-20)26-22(27)31-11-19(28)25-14-4-5-16(24)15(23)10-14/h3-10H,11H2,1-2H3,(H,25,28). The van der Waals surface area contributed by atoms with E-state index in [0.717, 1.165) is 28.6 Å². The zero-order chi connectivity index (χ0) is 22.1. The highest BCUT2D eigenvalue weighted by Crippen LogP contribution is 2.26. The first-order chi connectivity index (χ1) is 14.8. The van der Waals surface area contributed by atoms with Gasteiger partial charge in [-0.15, -0.1) is 11.3 Å². The summed E-state index contributed by atoms with van der Waals surface area (Å²) in [5.41, 5.74) is 3.58. The summed E-state index contributed by atoms with van der Waals surface area (Å²) < 4.78 is 15.4. The zero-order valence-corrected chi connectivity index (χ0v) is 19.0. The minimum Gasteiger partial charge on any atom is -0.325 e. The maximum absolute atomic E-state index is 13.3. The minimum absolute atomic E-state index is 0.0159. The molecule has 1 amide bonds. The van der Waals surface area contributed by atoms with E-state index in [4.69, 9.17) is 11.6 Å². The van der Waals surface area contributed by atoms with Gasteiger partial charge in [0, 0.05) is 5.69 Å². The average molecular weight is 474 g/mol. The van der Waals surface area contributed by atoms with Crippen molar-refractivity contribution in [3.05, 3.63) is 80.2 Å². The largest absolute Gasteiger partial charge is 0.325 e. The Labute approximate surface area is 190 Å². The van der Waals surface area contributed by atoms with E-state index in [1.165, 1.54) is 29.5 Å². The van der Waals surface area contributed by atoms with E-state index < -0.39 is 5.82 Å². The summed E-state index contributed by atoms with van der Waals surface area (Å²) in [7, 11) is 0. The summed E-state index contributed by atoms with van der Waals surface area (Å²) in [6.07, 6.45) is 0. The van der Waals surface area contributed by atoms with Gasteiger partial charge in [0.15, 0.2) is 5.16 Å². The first-order valence-electron chi connectivity index (χ1n) is 9.29. The second-order valence-corrected chi connectivity index (χ2v) is 9.19. The first kappa shape index (κ1) is 21.5. The maximum Gasteiger partial charge on any atom is 0.276 e. The van der Waals surface area contributed by atoms with Crippen LogP contribution in [0, 0.1) is 19.7 Å². The molecule has 2 aromatic carbocycles. The van der Waals surface area contributed by atoms with Crippen molar-refractivity contribution in [1.82, 2.24) is 9.55 Å². The number of rotatable bonds is 5. The molecule has 158 valence electrons. The van der Waals surface area contributed by atoms with Crippen LogP contribution in [0.5, 0.6) is 0 Å². The summed E-state index contributed by atoms with van der Waals surface area (Å²) in [5, 5.41) is 4.86. The van der Waals surface area contributed by atoms with Crippen molar-refractivity contribution in [2.24, 2.45) is 0 Å². The fraction of sp³-hybridized carbons (Fsp3) is 0.136. The number of benzene rings is 2. The van der Waals surface area contributed by atoms with Gasteiger partial charge in [-0.3, -0.25) is 14.2 Å². The lowest BCUT2D eigenvalue weighted by molar-refractivity contribution is -0.113. The summed E-state index contributed by atoms with van der Waals surface area (Å²) in [4.78, 5) is 30.3. The Morgan fingerprint density at radius 3 is 2.77 bits per heavy atom. The Kier molecular flexibility index (Phi) is 6.13. The number of aryl methyl sites for hydroxylation is 2. The zero-order valence-electron chi connectivity index (χ0n) is 16.6. The lowest BCUT2D eigenvalue weighted by atomic mass is 10.1. The van der Waals surface area contributed by atoms with Crippen molar-refractivity contribution < 1.29 is 9.18 Å². The molecule has 4 rings (SSSR count). The predicted octanol–water partition coefficient (Wildman–Crippen LogP) is 5.59. The number of hydrogen-bond acceptors (Lipinski definition) is 5. The van der Waals surface area contributed by atoms with Crippen LogP contribution in [0.15, 0.2) is 57.8 Å². The number of hydrogen-bond donors (Lipinski definition) is 1. The molecule has 0 unspecified atom stereocenters. The number of carbonyl (C=O) groups is 1. The van der Waals surface area contributed by atoms with Crippen LogP contribution in [0.3, 0.4) is 0 Å². The molecule has 2 aromatic heterocycles. The van der Waals surface area contributed by atoms with Gasteiger partial charge in [-0.2, -0.15) is 0 Å². The molecule has 0 atom stereocenters. The van der Waals surface area contributed by atoms with E-state index in [9.17, 15) is 14.0 Å². The second-order valence-electron chi connectivity index (χ2n) is 6.93. The third-order valence-electron chi connectivity index (χ3n) is 4.58. The number of amides is 1. The monoisotopic (exact) mass is 473 g/mol.